The highest BCUT2D eigenvalue weighted by molar-refractivity contribution is 5.96. The number of piperidine rings is 1. The second kappa shape index (κ2) is 6.32. The molecule has 0 aliphatic carbocycles. The molecule has 1 fully saturated rings. The van der Waals surface area contributed by atoms with Gasteiger partial charge in [-0.05, 0) is 12.5 Å². The van der Waals surface area contributed by atoms with Crippen molar-refractivity contribution in [3.05, 3.63) is 29.6 Å². The van der Waals surface area contributed by atoms with Gasteiger partial charge in [0.1, 0.15) is 5.56 Å². The molecule has 0 saturated carbocycles. The summed E-state index contributed by atoms with van der Waals surface area (Å²) < 4.78 is 18.1. The second-order valence-electron chi connectivity index (χ2n) is 6.04. The van der Waals surface area contributed by atoms with Crippen LogP contribution in [0, 0.1) is 0 Å². The van der Waals surface area contributed by atoms with Crippen molar-refractivity contribution in [2.75, 3.05) is 27.3 Å². The first-order valence-electron chi connectivity index (χ1n) is 8.10. The Bertz CT molecular complexity index is 793. The van der Waals surface area contributed by atoms with E-state index in [4.69, 9.17) is 14.2 Å². The summed E-state index contributed by atoms with van der Waals surface area (Å²) in [6, 6.07) is 3.31. The zero-order chi connectivity index (χ0) is 17.4. The van der Waals surface area contributed by atoms with Crippen LogP contribution in [0.4, 0.5) is 0 Å². The first-order valence-corrected chi connectivity index (χ1v) is 8.10. The van der Waals surface area contributed by atoms with Gasteiger partial charge in [-0.1, -0.05) is 5.21 Å². The minimum absolute atomic E-state index is 0.0267. The van der Waals surface area contributed by atoms with Crippen molar-refractivity contribution in [1.29, 1.82) is 0 Å². The molecule has 132 valence electrons. The third kappa shape index (κ3) is 2.70. The fraction of sp³-hybridized carbons (Fsp3) is 0.500. The maximum atomic E-state index is 13.0. The normalized spacial score (nSPS) is 22.1. The first kappa shape index (κ1) is 15.8. The fourth-order valence-corrected chi connectivity index (χ4v) is 3.39. The van der Waals surface area contributed by atoms with E-state index in [9.17, 15) is 4.79 Å². The Kier molecular flexibility index (Phi) is 4.00. The van der Waals surface area contributed by atoms with Gasteiger partial charge in [-0.25, -0.2) is 4.68 Å². The predicted octanol–water partition coefficient (Wildman–Crippen LogP) is 0.676. The van der Waals surface area contributed by atoms with Gasteiger partial charge in [0.25, 0.3) is 5.91 Å². The highest BCUT2D eigenvalue weighted by Gasteiger charge is 2.38. The summed E-state index contributed by atoms with van der Waals surface area (Å²) in [4.78, 5) is 19.0. The smallest absolute Gasteiger partial charge is 0.259 e. The lowest BCUT2D eigenvalue weighted by molar-refractivity contribution is -0.0605. The Balaban J connectivity index is 1.58. The number of methoxy groups -OCH3 is 2. The number of hydrogen-bond donors (Lipinski definition) is 0. The average Bonchev–Trinajstić information content (AvgIpc) is 3.15. The summed E-state index contributed by atoms with van der Waals surface area (Å²) in [6.07, 6.45) is 2.50. The zero-order valence-electron chi connectivity index (χ0n) is 14.1. The van der Waals surface area contributed by atoms with Crippen molar-refractivity contribution < 1.29 is 19.0 Å². The third-order valence-corrected chi connectivity index (χ3v) is 4.68. The second-order valence-corrected chi connectivity index (χ2v) is 6.04. The fourth-order valence-electron chi connectivity index (χ4n) is 3.39. The highest BCUT2D eigenvalue weighted by atomic mass is 16.5. The van der Waals surface area contributed by atoms with Crippen molar-refractivity contribution >= 4 is 5.91 Å². The molecule has 0 bridgehead atoms. The molecule has 1 amide bonds. The molecule has 9 heteroatoms. The van der Waals surface area contributed by atoms with E-state index in [2.05, 4.69) is 15.3 Å². The number of amides is 1. The summed E-state index contributed by atoms with van der Waals surface area (Å²) in [5.41, 5.74) is 1.34. The zero-order valence-corrected chi connectivity index (χ0v) is 14.1. The van der Waals surface area contributed by atoms with Crippen molar-refractivity contribution in [3.63, 3.8) is 0 Å². The van der Waals surface area contributed by atoms with Crippen LogP contribution in [0.25, 0.3) is 0 Å². The molecule has 0 N–H and O–H groups in total. The number of likely N-dealkylation sites (tertiary alicyclic amines) is 1. The van der Waals surface area contributed by atoms with E-state index in [-0.39, 0.29) is 23.9 Å². The molecule has 2 aliphatic heterocycles. The van der Waals surface area contributed by atoms with E-state index in [1.807, 2.05) is 4.68 Å². The number of carbonyl (C=O) groups is 1. The minimum atomic E-state index is -0.127. The summed E-state index contributed by atoms with van der Waals surface area (Å²) in [7, 11) is 3.01. The van der Waals surface area contributed by atoms with Gasteiger partial charge in [0, 0.05) is 19.2 Å². The quantitative estimate of drug-likeness (QED) is 0.807. The number of nitrogens with zero attached hydrogens (tertiary/aromatic N) is 5. The molecule has 0 aromatic carbocycles. The van der Waals surface area contributed by atoms with E-state index >= 15 is 0 Å². The van der Waals surface area contributed by atoms with Gasteiger partial charge in [0.05, 0.1) is 44.9 Å². The van der Waals surface area contributed by atoms with Gasteiger partial charge < -0.3 is 19.1 Å². The monoisotopic (exact) mass is 345 g/mol. The molecule has 2 aromatic rings. The molecule has 2 aromatic heterocycles. The van der Waals surface area contributed by atoms with Gasteiger partial charge in [0.2, 0.25) is 11.8 Å². The van der Waals surface area contributed by atoms with Crippen LogP contribution in [0.15, 0.2) is 18.3 Å². The maximum absolute atomic E-state index is 13.0. The van der Waals surface area contributed by atoms with Gasteiger partial charge in [-0.15, -0.1) is 5.10 Å². The minimum Gasteiger partial charge on any atom is -0.481 e. The Morgan fingerprint density at radius 2 is 2.20 bits per heavy atom. The Morgan fingerprint density at radius 3 is 3.00 bits per heavy atom. The molecular weight excluding hydrogens is 326 g/mol. The largest absolute Gasteiger partial charge is 0.481 e. The average molecular weight is 345 g/mol. The first-order chi connectivity index (χ1) is 12.2. The van der Waals surface area contributed by atoms with Crippen LogP contribution in [-0.4, -0.2) is 64.2 Å². The topological polar surface area (TPSA) is 91.6 Å². The highest BCUT2D eigenvalue weighted by Crippen LogP contribution is 2.31. The van der Waals surface area contributed by atoms with E-state index in [1.165, 1.54) is 14.2 Å². The van der Waals surface area contributed by atoms with Gasteiger partial charge in [-0.3, -0.25) is 4.79 Å². The van der Waals surface area contributed by atoms with E-state index in [0.29, 0.717) is 31.1 Å². The molecule has 0 unspecified atom stereocenters. The lowest BCUT2D eigenvalue weighted by atomic mass is 9.99. The maximum Gasteiger partial charge on any atom is 0.259 e. The lowest BCUT2D eigenvalue weighted by Gasteiger charge is -2.41. The molecule has 4 rings (SSSR count). The SMILES string of the molecule is COc1ccc(C(=O)N2CC[C@H]3OCc4cnnn4[C@@H]3C2)c(OC)n1. The predicted molar refractivity (Wildman–Crippen MR) is 85.5 cm³/mol. The van der Waals surface area contributed by atoms with Crippen molar-refractivity contribution in [1.82, 2.24) is 24.9 Å². The Hall–Kier alpha value is -2.68. The number of aromatic nitrogens is 4. The molecule has 25 heavy (non-hydrogen) atoms. The van der Waals surface area contributed by atoms with Crippen LogP contribution < -0.4 is 9.47 Å². The Labute approximate surface area is 144 Å². The number of rotatable bonds is 3. The van der Waals surface area contributed by atoms with Crippen LogP contribution in [0.1, 0.15) is 28.5 Å². The van der Waals surface area contributed by atoms with Gasteiger partial charge >= 0.3 is 0 Å². The van der Waals surface area contributed by atoms with Crippen LogP contribution in [-0.2, 0) is 11.3 Å². The van der Waals surface area contributed by atoms with Crippen molar-refractivity contribution in [3.8, 4) is 11.8 Å². The molecule has 0 spiro atoms. The number of ether oxygens (including phenoxy) is 3. The standard InChI is InChI=1S/C16H19N5O4/c1-23-14-4-3-11(15(18-14)24-2)16(22)20-6-5-13-12(8-20)21-10(9-25-13)7-17-19-21/h3-4,7,12-13H,5-6,8-9H2,1-2H3/t12-,13-/m1/s1. The van der Waals surface area contributed by atoms with Crippen molar-refractivity contribution in [2.45, 2.75) is 25.2 Å². The van der Waals surface area contributed by atoms with Crippen molar-refractivity contribution in [2.24, 2.45) is 0 Å². The number of hydrogen-bond acceptors (Lipinski definition) is 7. The summed E-state index contributed by atoms with van der Waals surface area (Å²) >= 11 is 0. The summed E-state index contributed by atoms with van der Waals surface area (Å²) in [5, 5.41) is 8.11. The molecule has 9 nitrogen and oxygen atoms in total. The number of pyridine rings is 1. The molecule has 4 heterocycles. The lowest BCUT2D eigenvalue weighted by Crippen LogP contribution is -2.50. The molecular formula is C16H19N5O4. The molecule has 0 radical (unpaired) electrons. The molecule has 1 saturated heterocycles. The third-order valence-electron chi connectivity index (χ3n) is 4.68. The van der Waals surface area contributed by atoms with E-state index < -0.39 is 0 Å². The summed E-state index contributed by atoms with van der Waals surface area (Å²) in [5.74, 6) is 0.533. The van der Waals surface area contributed by atoms with Crippen LogP contribution in [0.3, 0.4) is 0 Å². The number of carbonyl (C=O) groups excluding carboxylic acids is 1. The van der Waals surface area contributed by atoms with E-state index in [0.717, 1.165) is 12.1 Å². The van der Waals surface area contributed by atoms with Gasteiger partial charge in [-0.2, -0.15) is 4.98 Å². The Morgan fingerprint density at radius 1 is 1.32 bits per heavy atom. The van der Waals surface area contributed by atoms with Crippen LogP contribution >= 0.6 is 0 Å². The van der Waals surface area contributed by atoms with Crippen LogP contribution in [0.2, 0.25) is 0 Å². The molecule has 2 aliphatic rings. The van der Waals surface area contributed by atoms with Crippen LogP contribution in [0.5, 0.6) is 11.8 Å². The van der Waals surface area contributed by atoms with Gasteiger partial charge in [0.15, 0.2) is 0 Å². The molecule has 2 atom stereocenters. The number of fused-ring (bicyclic) bond motifs is 3. The van der Waals surface area contributed by atoms with E-state index in [1.54, 1.807) is 23.2 Å². The summed E-state index contributed by atoms with van der Waals surface area (Å²) in [6.45, 7) is 1.63.